The normalized spacial score (nSPS) is 13.1. The Hall–Kier alpha value is -8.41. The molecule has 9 aromatic carbocycles. The SMILES string of the molecule is [2H]c1cc([2H])c2c(c1[2H])c1c([2H])c([2H])c([2H])c([2H])c1n2-c1ccccc1-c1nc(-c2cc(-c3ccccc3)cc(-c3ccccc3)c2)nc(-c2cccc(-c3cccc4c3oc3ccccc34)c2)n1. The van der Waals surface area contributed by atoms with Crippen LogP contribution in [0.4, 0.5) is 0 Å². The third kappa shape index (κ3) is 6.06. The van der Waals surface area contributed by atoms with E-state index in [4.69, 9.17) is 26.2 Å². The Morgan fingerprint density at radius 3 is 1.73 bits per heavy atom. The van der Waals surface area contributed by atoms with E-state index < -0.39 is 12.1 Å². The summed E-state index contributed by atoms with van der Waals surface area (Å²) in [5.41, 5.74) is 9.82. The van der Waals surface area contributed by atoms with Gasteiger partial charge in [0.15, 0.2) is 17.5 Å². The zero-order chi connectivity index (χ0) is 47.1. The van der Waals surface area contributed by atoms with Gasteiger partial charge in [-0.3, -0.25) is 0 Å². The van der Waals surface area contributed by atoms with Crippen molar-refractivity contribution in [2.75, 3.05) is 0 Å². The van der Waals surface area contributed by atoms with Gasteiger partial charge in [-0.25, -0.2) is 15.0 Å². The van der Waals surface area contributed by atoms with Crippen LogP contribution in [0.15, 0.2) is 223 Å². The molecule has 0 spiro atoms. The Balaban J connectivity index is 1.14. The van der Waals surface area contributed by atoms with Crippen molar-refractivity contribution >= 4 is 43.7 Å². The third-order valence-electron chi connectivity index (χ3n) is 11.3. The summed E-state index contributed by atoms with van der Waals surface area (Å²) in [6, 6.07) is 54.9. The van der Waals surface area contributed by atoms with Crippen LogP contribution in [0.25, 0.3) is 117 Å². The van der Waals surface area contributed by atoms with Gasteiger partial charge in [-0.15, -0.1) is 0 Å². The molecule has 0 radical (unpaired) electrons. The molecule has 62 heavy (non-hydrogen) atoms. The molecule has 0 amide bonds. The van der Waals surface area contributed by atoms with Crippen LogP contribution in [0.1, 0.15) is 9.60 Å². The minimum atomic E-state index is -0.473. The molecule has 0 atom stereocenters. The van der Waals surface area contributed by atoms with Crippen LogP contribution in [0.3, 0.4) is 0 Å². The highest BCUT2D eigenvalue weighted by Gasteiger charge is 2.21. The molecule has 0 aliphatic rings. The van der Waals surface area contributed by atoms with E-state index in [1.807, 2.05) is 103 Å². The summed E-state index contributed by atoms with van der Waals surface area (Å²) in [5, 5.41) is 2.17. The van der Waals surface area contributed by atoms with Crippen molar-refractivity contribution in [3.8, 4) is 73.2 Å². The van der Waals surface area contributed by atoms with Crippen molar-refractivity contribution < 1.29 is 14.0 Å². The molecule has 0 fully saturated rings. The molecule has 0 unspecified atom stereocenters. The molecular formula is C57H36N4O. The molecule has 0 aliphatic carbocycles. The summed E-state index contributed by atoms with van der Waals surface area (Å²) in [5.74, 6) is 1.00. The lowest BCUT2D eigenvalue weighted by Crippen LogP contribution is -2.04. The number of fused-ring (bicyclic) bond motifs is 6. The van der Waals surface area contributed by atoms with Gasteiger partial charge >= 0.3 is 0 Å². The second-order valence-electron chi connectivity index (χ2n) is 15.1. The van der Waals surface area contributed by atoms with Crippen LogP contribution in [-0.4, -0.2) is 19.5 Å². The average molecular weight is 800 g/mol. The van der Waals surface area contributed by atoms with Crippen LogP contribution in [0, 0.1) is 0 Å². The monoisotopic (exact) mass is 799 g/mol. The minimum Gasteiger partial charge on any atom is -0.455 e. The molecule has 5 nitrogen and oxygen atoms in total. The van der Waals surface area contributed by atoms with Gasteiger partial charge in [-0.2, -0.15) is 0 Å². The van der Waals surface area contributed by atoms with Gasteiger partial charge in [0.25, 0.3) is 0 Å². The number of rotatable bonds is 7. The second-order valence-corrected chi connectivity index (χ2v) is 15.1. The van der Waals surface area contributed by atoms with Crippen LogP contribution in [0.2, 0.25) is 0 Å². The Morgan fingerprint density at radius 1 is 0.371 bits per heavy atom. The standard InChI is InChI=1S/C57H36N4O/c1-3-17-37(18-4-1)41-34-42(38-19-5-2-6-20-38)36-43(35-41)56-58-55(40-22-15-21-39(33-40)44-27-16-28-48-47-25-10-14-32-53(47)62-54(44)48)59-57(60-56)49-26-9-13-31-52(49)61-50-29-11-7-23-45(50)46-24-8-12-30-51(46)61/h1-36H/i7D,8D,11D,23D,24D,29D,30D. The van der Waals surface area contributed by atoms with E-state index >= 15 is 0 Å². The van der Waals surface area contributed by atoms with Gasteiger partial charge in [-0.05, 0) is 82.4 Å². The largest absolute Gasteiger partial charge is 0.455 e. The molecule has 5 heteroatoms. The average Bonchev–Trinajstić information content (AvgIpc) is 3.97. The smallest absolute Gasteiger partial charge is 0.166 e. The van der Waals surface area contributed by atoms with E-state index in [9.17, 15) is 2.74 Å². The summed E-state index contributed by atoms with van der Waals surface area (Å²) in [7, 11) is 0. The lowest BCUT2D eigenvalue weighted by Gasteiger charge is -2.15. The van der Waals surface area contributed by atoms with Crippen LogP contribution in [-0.2, 0) is 0 Å². The molecule has 0 aliphatic heterocycles. The highest BCUT2D eigenvalue weighted by atomic mass is 16.3. The minimum absolute atomic E-state index is 0.0536. The predicted octanol–water partition coefficient (Wildman–Crippen LogP) is 14.9. The zero-order valence-electron chi connectivity index (χ0n) is 39.9. The maximum atomic E-state index is 9.24. The number of nitrogens with zero attached hydrogens (tertiary/aromatic N) is 4. The number of benzene rings is 9. The van der Waals surface area contributed by atoms with E-state index in [0.717, 1.165) is 60.9 Å². The predicted molar refractivity (Wildman–Crippen MR) is 254 cm³/mol. The van der Waals surface area contributed by atoms with E-state index in [2.05, 4.69) is 54.6 Å². The summed E-state index contributed by atoms with van der Waals surface area (Å²) < 4.78 is 70.5. The maximum absolute atomic E-state index is 9.24. The fourth-order valence-corrected chi connectivity index (χ4v) is 8.47. The molecule has 290 valence electrons. The van der Waals surface area contributed by atoms with E-state index in [1.54, 1.807) is 16.7 Å². The van der Waals surface area contributed by atoms with E-state index in [0.29, 0.717) is 28.5 Å². The Bertz CT molecular complexity index is 4000. The lowest BCUT2D eigenvalue weighted by molar-refractivity contribution is 0.670. The first-order valence-electron chi connectivity index (χ1n) is 23.8. The van der Waals surface area contributed by atoms with Crippen molar-refractivity contribution in [2.24, 2.45) is 0 Å². The Labute approximate surface area is 367 Å². The molecule has 12 rings (SSSR count). The summed E-state index contributed by atoms with van der Waals surface area (Å²) in [4.78, 5) is 15.7. The molecule has 0 saturated heterocycles. The van der Waals surface area contributed by atoms with Gasteiger partial charge in [0.1, 0.15) is 11.2 Å². The Kier molecular flexibility index (Phi) is 6.86. The van der Waals surface area contributed by atoms with Crippen molar-refractivity contribution in [1.82, 2.24) is 19.5 Å². The van der Waals surface area contributed by atoms with E-state index in [-0.39, 0.29) is 57.8 Å². The van der Waals surface area contributed by atoms with Crippen LogP contribution >= 0.6 is 0 Å². The summed E-state index contributed by atoms with van der Waals surface area (Å²) in [6.45, 7) is 0. The first kappa shape index (κ1) is 28.9. The highest BCUT2D eigenvalue weighted by Crippen LogP contribution is 2.40. The van der Waals surface area contributed by atoms with Gasteiger partial charge in [0.05, 0.1) is 26.3 Å². The fraction of sp³-hybridized carbons (Fsp3) is 0. The first-order valence-corrected chi connectivity index (χ1v) is 20.3. The van der Waals surface area contributed by atoms with Crippen LogP contribution in [0.5, 0.6) is 0 Å². The van der Waals surface area contributed by atoms with Gasteiger partial charge in [0, 0.05) is 43.8 Å². The number of aromatic nitrogens is 4. The van der Waals surface area contributed by atoms with Gasteiger partial charge in [-0.1, -0.05) is 164 Å². The van der Waals surface area contributed by atoms with Crippen molar-refractivity contribution in [3.63, 3.8) is 0 Å². The molecule has 3 aromatic heterocycles. The summed E-state index contributed by atoms with van der Waals surface area (Å²) in [6.07, 6.45) is 0. The van der Waals surface area contributed by atoms with E-state index in [1.165, 1.54) is 6.07 Å². The first-order chi connectivity index (χ1) is 33.6. The van der Waals surface area contributed by atoms with Crippen molar-refractivity contribution in [1.29, 1.82) is 0 Å². The van der Waals surface area contributed by atoms with Gasteiger partial charge < -0.3 is 8.98 Å². The van der Waals surface area contributed by atoms with Crippen molar-refractivity contribution in [3.05, 3.63) is 218 Å². The molecule has 12 aromatic rings. The zero-order valence-corrected chi connectivity index (χ0v) is 32.9. The van der Waals surface area contributed by atoms with Crippen LogP contribution < -0.4 is 0 Å². The number of hydrogen-bond acceptors (Lipinski definition) is 4. The number of hydrogen-bond donors (Lipinski definition) is 0. The molecule has 0 saturated carbocycles. The maximum Gasteiger partial charge on any atom is 0.166 e. The molecule has 3 heterocycles. The third-order valence-corrected chi connectivity index (χ3v) is 11.3. The second kappa shape index (κ2) is 14.7. The van der Waals surface area contributed by atoms with Gasteiger partial charge in [0.2, 0.25) is 0 Å². The molecule has 0 bridgehead atoms. The fourth-order valence-electron chi connectivity index (χ4n) is 8.47. The highest BCUT2D eigenvalue weighted by molar-refractivity contribution is 6.10. The quantitative estimate of drug-likeness (QED) is 0.161. The number of para-hydroxylation sites is 5. The number of furan rings is 1. The Morgan fingerprint density at radius 2 is 0.919 bits per heavy atom. The lowest BCUT2D eigenvalue weighted by atomic mass is 9.95. The van der Waals surface area contributed by atoms with Crippen molar-refractivity contribution in [2.45, 2.75) is 0 Å². The molecule has 0 N–H and O–H groups in total. The molecular weight excluding hydrogens is 757 g/mol. The summed E-state index contributed by atoms with van der Waals surface area (Å²) >= 11 is 0. The topological polar surface area (TPSA) is 56.7 Å².